The largest absolute Gasteiger partial charge is 0.340 e. The van der Waals surface area contributed by atoms with Gasteiger partial charge in [-0.2, -0.15) is 0 Å². The van der Waals surface area contributed by atoms with E-state index in [-0.39, 0.29) is 0 Å². The predicted molar refractivity (Wildman–Crippen MR) is 74.6 cm³/mol. The molecule has 1 atom stereocenters. The van der Waals surface area contributed by atoms with Crippen LogP contribution in [0.25, 0.3) is 11.3 Å². The van der Waals surface area contributed by atoms with Gasteiger partial charge >= 0.3 is 0 Å². The molecule has 2 aromatic rings. The highest BCUT2D eigenvalue weighted by atomic mass is 15.3. The maximum Gasteiger partial charge on any atom is 0.225 e. The molecule has 2 aromatic heterocycles. The second kappa shape index (κ2) is 5.32. The summed E-state index contributed by atoms with van der Waals surface area (Å²) < 4.78 is 0. The molecule has 3 rings (SSSR count). The zero-order valence-electron chi connectivity index (χ0n) is 10.7. The van der Waals surface area contributed by atoms with Gasteiger partial charge in [0.1, 0.15) is 0 Å². The first-order chi connectivity index (χ1) is 9.36. The smallest absolute Gasteiger partial charge is 0.225 e. The standard InChI is InChI=1S/C14H17N5/c15-7-11-4-6-19(10-11)14-17-8-12(9-18-14)13-3-1-2-5-16-13/h1-3,5,8-9,11H,4,6-7,10,15H2. The molecule has 1 aliphatic rings. The van der Waals surface area contributed by atoms with E-state index in [1.54, 1.807) is 6.20 Å². The van der Waals surface area contributed by atoms with E-state index in [9.17, 15) is 0 Å². The average molecular weight is 255 g/mol. The summed E-state index contributed by atoms with van der Waals surface area (Å²) in [6, 6.07) is 5.82. The third kappa shape index (κ3) is 2.56. The number of hydrogen-bond acceptors (Lipinski definition) is 5. The minimum atomic E-state index is 0.569. The molecule has 98 valence electrons. The monoisotopic (exact) mass is 255 g/mol. The maximum atomic E-state index is 5.70. The van der Waals surface area contributed by atoms with Gasteiger partial charge in [-0.05, 0) is 31.0 Å². The molecule has 5 heteroatoms. The lowest BCUT2D eigenvalue weighted by atomic mass is 10.1. The Morgan fingerprint density at radius 3 is 2.68 bits per heavy atom. The molecule has 19 heavy (non-hydrogen) atoms. The van der Waals surface area contributed by atoms with E-state index in [0.717, 1.165) is 43.3 Å². The Hall–Kier alpha value is -2.01. The van der Waals surface area contributed by atoms with Crippen molar-refractivity contribution in [1.82, 2.24) is 15.0 Å². The van der Waals surface area contributed by atoms with Gasteiger partial charge in [-0.15, -0.1) is 0 Å². The van der Waals surface area contributed by atoms with Gasteiger partial charge in [-0.1, -0.05) is 6.07 Å². The first-order valence-electron chi connectivity index (χ1n) is 6.55. The summed E-state index contributed by atoms with van der Waals surface area (Å²) in [6.07, 6.45) is 6.57. The van der Waals surface area contributed by atoms with Crippen LogP contribution in [0.4, 0.5) is 5.95 Å². The Balaban J connectivity index is 1.76. The fourth-order valence-electron chi connectivity index (χ4n) is 2.36. The number of rotatable bonds is 3. The zero-order valence-corrected chi connectivity index (χ0v) is 10.7. The molecule has 1 fully saturated rings. The van der Waals surface area contributed by atoms with Crippen molar-refractivity contribution in [3.8, 4) is 11.3 Å². The summed E-state index contributed by atoms with van der Waals surface area (Å²) >= 11 is 0. The first kappa shape index (κ1) is 12.0. The van der Waals surface area contributed by atoms with Gasteiger partial charge < -0.3 is 10.6 Å². The van der Waals surface area contributed by atoms with Crippen molar-refractivity contribution in [2.45, 2.75) is 6.42 Å². The van der Waals surface area contributed by atoms with Crippen LogP contribution in [0.2, 0.25) is 0 Å². The molecule has 1 saturated heterocycles. The average Bonchev–Trinajstić information content (AvgIpc) is 2.97. The lowest BCUT2D eigenvalue weighted by molar-refractivity contribution is 0.602. The highest BCUT2D eigenvalue weighted by Crippen LogP contribution is 2.21. The second-order valence-corrected chi connectivity index (χ2v) is 4.82. The van der Waals surface area contributed by atoms with Crippen LogP contribution < -0.4 is 10.6 Å². The van der Waals surface area contributed by atoms with Crippen molar-refractivity contribution >= 4 is 5.95 Å². The van der Waals surface area contributed by atoms with Gasteiger partial charge in [-0.3, -0.25) is 4.98 Å². The van der Waals surface area contributed by atoms with Crippen LogP contribution in [0.3, 0.4) is 0 Å². The minimum absolute atomic E-state index is 0.569. The Bertz CT molecular complexity index is 525. The molecule has 1 unspecified atom stereocenters. The van der Waals surface area contributed by atoms with Crippen LogP contribution >= 0.6 is 0 Å². The summed E-state index contributed by atoms with van der Waals surface area (Å²) in [5, 5.41) is 0. The summed E-state index contributed by atoms with van der Waals surface area (Å²) in [4.78, 5) is 15.4. The highest BCUT2D eigenvalue weighted by molar-refractivity contribution is 5.57. The lowest BCUT2D eigenvalue weighted by Crippen LogP contribution is -2.24. The van der Waals surface area contributed by atoms with Gasteiger partial charge in [-0.25, -0.2) is 9.97 Å². The third-order valence-electron chi connectivity index (χ3n) is 3.50. The van der Waals surface area contributed by atoms with E-state index in [0.29, 0.717) is 5.92 Å². The molecule has 0 bridgehead atoms. The predicted octanol–water partition coefficient (Wildman–Crippen LogP) is 1.32. The third-order valence-corrected chi connectivity index (χ3v) is 3.50. The summed E-state index contributed by atoms with van der Waals surface area (Å²) in [7, 11) is 0. The van der Waals surface area contributed by atoms with Gasteiger partial charge in [0.2, 0.25) is 5.95 Å². The molecule has 5 nitrogen and oxygen atoms in total. The second-order valence-electron chi connectivity index (χ2n) is 4.82. The van der Waals surface area contributed by atoms with E-state index in [1.807, 2.05) is 30.6 Å². The van der Waals surface area contributed by atoms with Crippen LogP contribution in [0.15, 0.2) is 36.8 Å². The van der Waals surface area contributed by atoms with E-state index in [4.69, 9.17) is 5.73 Å². The highest BCUT2D eigenvalue weighted by Gasteiger charge is 2.22. The van der Waals surface area contributed by atoms with E-state index in [2.05, 4.69) is 19.9 Å². The molecule has 0 spiro atoms. The Kier molecular flexibility index (Phi) is 3.37. The Morgan fingerprint density at radius 1 is 1.21 bits per heavy atom. The summed E-state index contributed by atoms with van der Waals surface area (Å²) in [6.45, 7) is 2.69. The Labute approximate surface area is 112 Å². The van der Waals surface area contributed by atoms with Gasteiger partial charge in [0.05, 0.1) is 5.69 Å². The molecule has 0 amide bonds. The number of anilines is 1. The molecule has 1 aliphatic heterocycles. The first-order valence-corrected chi connectivity index (χ1v) is 6.55. The minimum Gasteiger partial charge on any atom is -0.340 e. The van der Waals surface area contributed by atoms with Crippen LogP contribution in [0, 0.1) is 5.92 Å². The molecular weight excluding hydrogens is 238 g/mol. The molecule has 0 aliphatic carbocycles. The molecule has 3 heterocycles. The molecule has 0 aromatic carbocycles. The van der Waals surface area contributed by atoms with Crippen LogP contribution in [-0.2, 0) is 0 Å². The normalized spacial score (nSPS) is 18.8. The van der Waals surface area contributed by atoms with Crippen molar-refractivity contribution < 1.29 is 0 Å². The zero-order chi connectivity index (χ0) is 13.1. The number of nitrogens with two attached hydrogens (primary N) is 1. The molecule has 0 saturated carbocycles. The van der Waals surface area contributed by atoms with Crippen molar-refractivity contribution in [3.05, 3.63) is 36.8 Å². The fraction of sp³-hybridized carbons (Fsp3) is 0.357. The van der Waals surface area contributed by atoms with Crippen molar-refractivity contribution in [2.75, 3.05) is 24.5 Å². The lowest BCUT2D eigenvalue weighted by Gasteiger charge is -2.15. The van der Waals surface area contributed by atoms with Crippen molar-refractivity contribution in [3.63, 3.8) is 0 Å². The van der Waals surface area contributed by atoms with Crippen molar-refractivity contribution in [2.24, 2.45) is 11.7 Å². The summed E-state index contributed by atoms with van der Waals surface area (Å²) in [5.74, 6) is 1.36. The van der Waals surface area contributed by atoms with Gasteiger partial charge in [0.25, 0.3) is 0 Å². The number of nitrogens with zero attached hydrogens (tertiary/aromatic N) is 4. The topological polar surface area (TPSA) is 67.9 Å². The van der Waals surface area contributed by atoms with Crippen LogP contribution in [0.5, 0.6) is 0 Å². The van der Waals surface area contributed by atoms with Gasteiger partial charge in [0, 0.05) is 37.2 Å². The van der Waals surface area contributed by atoms with Crippen LogP contribution in [0.1, 0.15) is 6.42 Å². The number of pyridine rings is 1. The number of aromatic nitrogens is 3. The maximum absolute atomic E-state index is 5.70. The number of hydrogen-bond donors (Lipinski definition) is 1. The molecule has 2 N–H and O–H groups in total. The SMILES string of the molecule is NCC1CCN(c2ncc(-c3ccccn3)cn2)C1. The molecular formula is C14H17N5. The van der Waals surface area contributed by atoms with E-state index < -0.39 is 0 Å². The summed E-state index contributed by atoms with van der Waals surface area (Å²) in [5.41, 5.74) is 7.54. The Morgan fingerprint density at radius 2 is 2.05 bits per heavy atom. The van der Waals surface area contributed by atoms with Crippen molar-refractivity contribution in [1.29, 1.82) is 0 Å². The van der Waals surface area contributed by atoms with E-state index >= 15 is 0 Å². The van der Waals surface area contributed by atoms with Gasteiger partial charge in [0.15, 0.2) is 0 Å². The van der Waals surface area contributed by atoms with E-state index in [1.165, 1.54) is 0 Å². The fourth-order valence-corrected chi connectivity index (χ4v) is 2.36. The quantitative estimate of drug-likeness (QED) is 0.896. The van der Waals surface area contributed by atoms with Crippen LogP contribution in [-0.4, -0.2) is 34.6 Å². The molecule has 0 radical (unpaired) electrons.